The molecule has 0 aromatic heterocycles. The lowest BCUT2D eigenvalue weighted by Gasteiger charge is -2.37. The molecule has 1 aromatic carbocycles. The Morgan fingerprint density at radius 3 is 2.57 bits per heavy atom. The van der Waals surface area contributed by atoms with E-state index in [2.05, 4.69) is 10.1 Å². The molecule has 6 nitrogen and oxygen atoms in total. The number of methoxy groups -OCH3 is 1. The summed E-state index contributed by atoms with van der Waals surface area (Å²) >= 11 is 0. The van der Waals surface area contributed by atoms with E-state index in [1.54, 1.807) is 6.92 Å². The molecular weight excluding hydrogens is 272 g/mol. The van der Waals surface area contributed by atoms with Gasteiger partial charge in [-0.3, -0.25) is 14.4 Å². The van der Waals surface area contributed by atoms with Gasteiger partial charge in [0.15, 0.2) is 0 Å². The number of ether oxygens (including phenoxy) is 1. The quantitative estimate of drug-likeness (QED) is 0.818. The monoisotopic (exact) mass is 290 g/mol. The SMILES string of the molecule is COC(=O)C[C@@H]1NC(=O)[C@H](C)N(Cc2ccccc2)C1=O. The van der Waals surface area contributed by atoms with Crippen LogP contribution in [-0.4, -0.2) is 41.9 Å². The molecule has 0 radical (unpaired) electrons. The summed E-state index contributed by atoms with van der Waals surface area (Å²) in [5, 5.41) is 2.57. The van der Waals surface area contributed by atoms with Gasteiger partial charge < -0.3 is 15.0 Å². The van der Waals surface area contributed by atoms with Crippen LogP contribution in [0.4, 0.5) is 0 Å². The van der Waals surface area contributed by atoms with Gasteiger partial charge in [0.2, 0.25) is 11.8 Å². The molecule has 1 N–H and O–H groups in total. The summed E-state index contributed by atoms with van der Waals surface area (Å²) in [7, 11) is 1.25. The second-order valence-electron chi connectivity index (χ2n) is 4.97. The molecule has 0 spiro atoms. The van der Waals surface area contributed by atoms with Crippen LogP contribution in [0.2, 0.25) is 0 Å². The highest BCUT2D eigenvalue weighted by atomic mass is 16.5. The van der Waals surface area contributed by atoms with Crippen LogP contribution < -0.4 is 5.32 Å². The summed E-state index contributed by atoms with van der Waals surface area (Å²) in [5.74, 6) is -1.06. The third-order valence-corrected chi connectivity index (χ3v) is 3.54. The Labute approximate surface area is 123 Å². The Balaban J connectivity index is 2.15. The van der Waals surface area contributed by atoms with Crippen molar-refractivity contribution in [3.05, 3.63) is 35.9 Å². The predicted octanol–water partition coefficient (Wildman–Crippen LogP) is 0.465. The number of amides is 2. The van der Waals surface area contributed by atoms with Crippen molar-refractivity contribution in [3.8, 4) is 0 Å². The van der Waals surface area contributed by atoms with Crippen molar-refractivity contribution >= 4 is 17.8 Å². The number of piperazine rings is 1. The van der Waals surface area contributed by atoms with Crippen LogP contribution in [0.25, 0.3) is 0 Å². The highest BCUT2D eigenvalue weighted by molar-refractivity contribution is 5.98. The zero-order valence-corrected chi connectivity index (χ0v) is 12.0. The number of nitrogens with zero attached hydrogens (tertiary/aromatic N) is 1. The standard InChI is InChI=1S/C15H18N2O4/c1-10-14(19)16-12(8-13(18)21-2)15(20)17(10)9-11-6-4-3-5-7-11/h3-7,10,12H,8-9H2,1-2H3,(H,16,19)/t10-,12-/m0/s1. The smallest absolute Gasteiger partial charge is 0.308 e. The number of hydrogen-bond acceptors (Lipinski definition) is 4. The van der Waals surface area contributed by atoms with E-state index in [4.69, 9.17) is 0 Å². The third kappa shape index (κ3) is 3.39. The highest BCUT2D eigenvalue weighted by Gasteiger charge is 2.39. The average Bonchev–Trinajstić information content (AvgIpc) is 2.50. The zero-order valence-electron chi connectivity index (χ0n) is 12.0. The van der Waals surface area contributed by atoms with Crippen molar-refractivity contribution in [1.82, 2.24) is 10.2 Å². The van der Waals surface area contributed by atoms with Gasteiger partial charge in [0, 0.05) is 6.54 Å². The second kappa shape index (κ2) is 6.39. The summed E-state index contributed by atoms with van der Waals surface area (Å²) < 4.78 is 4.56. The van der Waals surface area contributed by atoms with E-state index < -0.39 is 18.1 Å². The highest BCUT2D eigenvalue weighted by Crippen LogP contribution is 2.16. The number of nitrogens with one attached hydrogen (secondary N) is 1. The second-order valence-corrected chi connectivity index (χ2v) is 4.97. The van der Waals surface area contributed by atoms with E-state index in [0.717, 1.165) is 5.56 Å². The largest absolute Gasteiger partial charge is 0.469 e. The van der Waals surface area contributed by atoms with E-state index in [9.17, 15) is 14.4 Å². The number of esters is 1. The lowest BCUT2D eigenvalue weighted by Crippen LogP contribution is -2.62. The van der Waals surface area contributed by atoms with Gasteiger partial charge in [0.05, 0.1) is 13.5 Å². The minimum absolute atomic E-state index is 0.154. The Morgan fingerprint density at radius 2 is 1.95 bits per heavy atom. The van der Waals surface area contributed by atoms with E-state index in [-0.39, 0.29) is 18.2 Å². The number of rotatable bonds is 4. The molecule has 0 saturated carbocycles. The fourth-order valence-corrected chi connectivity index (χ4v) is 2.27. The zero-order chi connectivity index (χ0) is 15.4. The Hall–Kier alpha value is -2.37. The predicted molar refractivity (Wildman–Crippen MR) is 75.0 cm³/mol. The molecule has 1 heterocycles. The molecule has 1 aliphatic rings. The van der Waals surface area contributed by atoms with Crippen LogP contribution >= 0.6 is 0 Å². The minimum atomic E-state index is -0.857. The lowest BCUT2D eigenvalue weighted by atomic mass is 10.0. The molecule has 0 aliphatic carbocycles. The molecule has 2 atom stereocenters. The van der Waals surface area contributed by atoms with Gasteiger partial charge >= 0.3 is 5.97 Å². The van der Waals surface area contributed by atoms with Crippen LogP contribution in [0.15, 0.2) is 30.3 Å². The molecule has 112 valence electrons. The van der Waals surface area contributed by atoms with Gasteiger partial charge in [-0.2, -0.15) is 0 Å². The van der Waals surface area contributed by atoms with Crippen molar-refractivity contribution < 1.29 is 19.1 Å². The number of carbonyl (C=O) groups is 3. The molecule has 6 heteroatoms. The maximum absolute atomic E-state index is 12.4. The first-order valence-corrected chi connectivity index (χ1v) is 6.74. The molecular formula is C15H18N2O4. The summed E-state index contributed by atoms with van der Waals surface area (Å²) in [6.45, 7) is 2.01. The summed E-state index contributed by atoms with van der Waals surface area (Å²) in [6.07, 6.45) is -0.154. The summed E-state index contributed by atoms with van der Waals surface area (Å²) in [4.78, 5) is 37.2. The van der Waals surface area contributed by atoms with Crippen molar-refractivity contribution in [2.24, 2.45) is 0 Å². The topological polar surface area (TPSA) is 75.7 Å². The molecule has 2 amide bonds. The molecule has 0 unspecified atom stereocenters. The maximum Gasteiger partial charge on any atom is 0.308 e. The first-order chi connectivity index (χ1) is 10.0. The molecule has 1 aromatic rings. The van der Waals surface area contributed by atoms with Crippen LogP contribution in [0.3, 0.4) is 0 Å². The first-order valence-electron chi connectivity index (χ1n) is 6.74. The van der Waals surface area contributed by atoms with Crippen LogP contribution in [0.5, 0.6) is 0 Å². The number of carbonyl (C=O) groups excluding carboxylic acids is 3. The Morgan fingerprint density at radius 1 is 1.29 bits per heavy atom. The van der Waals surface area contributed by atoms with Gasteiger partial charge in [-0.05, 0) is 12.5 Å². The lowest BCUT2D eigenvalue weighted by molar-refractivity contribution is -0.153. The van der Waals surface area contributed by atoms with Gasteiger partial charge in [0.25, 0.3) is 0 Å². The molecule has 0 bridgehead atoms. The van der Waals surface area contributed by atoms with Crippen LogP contribution in [-0.2, 0) is 25.7 Å². The minimum Gasteiger partial charge on any atom is -0.469 e. The van der Waals surface area contributed by atoms with E-state index in [1.165, 1.54) is 12.0 Å². The van der Waals surface area contributed by atoms with E-state index in [0.29, 0.717) is 6.54 Å². The molecule has 1 saturated heterocycles. The maximum atomic E-state index is 12.4. The summed E-state index contributed by atoms with van der Waals surface area (Å²) in [5.41, 5.74) is 0.934. The molecule has 1 fully saturated rings. The Bertz CT molecular complexity index is 542. The van der Waals surface area contributed by atoms with Gasteiger partial charge in [-0.25, -0.2) is 0 Å². The van der Waals surface area contributed by atoms with Gasteiger partial charge in [0.1, 0.15) is 12.1 Å². The average molecular weight is 290 g/mol. The van der Waals surface area contributed by atoms with Gasteiger partial charge in [-0.1, -0.05) is 30.3 Å². The fourth-order valence-electron chi connectivity index (χ4n) is 2.27. The van der Waals surface area contributed by atoms with E-state index in [1.807, 2.05) is 30.3 Å². The number of hydrogen-bond donors (Lipinski definition) is 1. The molecule has 21 heavy (non-hydrogen) atoms. The van der Waals surface area contributed by atoms with Crippen molar-refractivity contribution in [2.45, 2.75) is 32.0 Å². The van der Waals surface area contributed by atoms with Crippen LogP contribution in [0, 0.1) is 0 Å². The normalized spacial score (nSPS) is 21.9. The number of benzene rings is 1. The van der Waals surface area contributed by atoms with Crippen molar-refractivity contribution in [2.75, 3.05) is 7.11 Å². The summed E-state index contributed by atoms with van der Waals surface area (Å²) in [6, 6.07) is 8.00. The van der Waals surface area contributed by atoms with Crippen molar-refractivity contribution in [1.29, 1.82) is 0 Å². The molecule has 2 rings (SSSR count). The van der Waals surface area contributed by atoms with Crippen molar-refractivity contribution in [3.63, 3.8) is 0 Å². The Kier molecular flexibility index (Phi) is 4.57. The molecule has 1 aliphatic heterocycles. The fraction of sp³-hybridized carbons (Fsp3) is 0.400. The van der Waals surface area contributed by atoms with E-state index >= 15 is 0 Å². The first kappa shape index (κ1) is 15.0. The van der Waals surface area contributed by atoms with Gasteiger partial charge in [-0.15, -0.1) is 0 Å². The third-order valence-electron chi connectivity index (χ3n) is 3.54. The van der Waals surface area contributed by atoms with Crippen LogP contribution in [0.1, 0.15) is 18.9 Å².